The molecule has 1 unspecified atom stereocenters. The summed E-state index contributed by atoms with van der Waals surface area (Å²) >= 11 is 0. The van der Waals surface area contributed by atoms with Gasteiger partial charge in [0.05, 0.1) is 6.54 Å². The molecular weight excluding hydrogens is 497 g/mol. The lowest BCUT2D eigenvalue weighted by atomic mass is 9.29. The number of ether oxygens (including phenoxy) is 1. The molecule has 3 fully saturated rings. The van der Waals surface area contributed by atoms with E-state index in [1.165, 1.54) is 23.4 Å². The molecule has 11 heteroatoms. The first-order valence-corrected chi connectivity index (χ1v) is 11.9. The lowest BCUT2D eigenvalue weighted by molar-refractivity contribution is -0.231. The molecule has 3 aliphatic rings. The molecule has 1 heterocycles. The summed E-state index contributed by atoms with van der Waals surface area (Å²) in [7, 11) is 0. The van der Waals surface area contributed by atoms with Crippen molar-refractivity contribution in [3.63, 3.8) is 0 Å². The zero-order valence-corrected chi connectivity index (χ0v) is 19.9. The van der Waals surface area contributed by atoms with E-state index in [0.29, 0.717) is 0 Å². The second-order valence-electron chi connectivity index (χ2n) is 10.4. The van der Waals surface area contributed by atoms with E-state index in [0.717, 1.165) is 37.0 Å². The van der Waals surface area contributed by atoms with Crippen molar-refractivity contribution in [2.45, 2.75) is 56.0 Å². The Morgan fingerprint density at radius 1 is 1.08 bits per heavy atom. The molecule has 0 radical (unpaired) electrons. The van der Waals surface area contributed by atoms with Gasteiger partial charge in [-0.3, -0.25) is 0 Å². The maximum Gasteiger partial charge on any atom is 0.417 e. The molecule has 0 spiro atoms. The van der Waals surface area contributed by atoms with Gasteiger partial charge >= 0.3 is 6.18 Å². The number of aromatic nitrogens is 3. The van der Waals surface area contributed by atoms with Crippen LogP contribution in [0.25, 0.3) is 0 Å². The van der Waals surface area contributed by atoms with Gasteiger partial charge in [-0.05, 0) is 59.8 Å². The van der Waals surface area contributed by atoms with Crippen LogP contribution in [0.2, 0.25) is 0 Å². The third kappa shape index (κ3) is 4.37. The molecule has 2 bridgehead atoms. The van der Waals surface area contributed by atoms with Crippen LogP contribution in [0.3, 0.4) is 0 Å². The number of rotatable bonds is 9. The van der Waals surface area contributed by atoms with Crippen LogP contribution in [-0.2, 0) is 17.6 Å². The van der Waals surface area contributed by atoms with E-state index in [4.69, 9.17) is 9.84 Å². The normalized spacial score (nSPS) is 25.9. The van der Waals surface area contributed by atoms with Crippen molar-refractivity contribution in [2.24, 2.45) is 11.3 Å². The molecule has 198 valence electrons. The smallest absolute Gasteiger partial charge is 0.417 e. The molecule has 0 saturated heterocycles. The fraction of sp³-hybridized carbons (Fsp3) is 0.462. The summed E-state index contributed by atoms with van der Waals surface area (Å²) in [5.41, 5.74) is -1.10. The van der Waals surface area contributed by atoms with Crippen molar-refractivity contribution in [1.82, 2.24) is 14.8 Å². The summed E-state index contributed by atoms with van der Waals surface area (Å²) in [5.74, 6) is -1.75. The molecule has 3 aliphatic carbocycles. The van der Waals surface area contributed by atoms with Crippen molar-refractivity contribution >= 4 is 0 Å². The number of benzene rings is 2. The topological polar surface area (TPSA) is 80.4 Å². The average Bonchev–Trinajstić information content (AvgIpc) is 3.28. The van der Waals surface area contributed by atoms with Gasteiger partial charge in [-0.15, -0.1) is 0 Å². The van der Waals surface area contributed by atoms with Crippen LogP contribution in [0.4, 0.5) is 22.0 Å². The molecule has 1 aromatic heterocycles. The summed E-state index contributed by atoms with van der Waals surface area (Å²) in [6.45, 7) is 0.923. The fourth-order valence-electron chi connectivity index (χ4n) is 6.17. The van der Waals surface area contributed by atoms with Gasteiger partial charge < -0.3 is 14.9 Å². The molecule has 3 aromatic rings. The monoisotopic (exact) mass is 523 g/mol. The second kappa shape index (κ2) is 8.76. The third-order valence-corrected chi connectivity index (χ3v) is 8.23. The molecular formula is C26H26F5N3O3. The quantitative estimate of drug-likeness (QED) is 0.404. The number of hydrogen-bond donors (Lipinski definition) is 2. The number of aliphatic hydroxyl groups is 2. The molecule has 3 atom stereocenters. The summed E-state index contributed by atoms with van der Waals surface area (Å²) in [6, 6.07) is 9.89. The van der Waals surface area contributed by atoms with Crippen LogP contribution < -0.4 is 4.74 Å². The van der Waals surface area contributed by atoms with Crippen LogP contribution >= 0.6 is 0 Å². The number of alkyl halides is 3. The van der Waals surface area contributed by atoms with Crippen LogP contribution in [0.1, 0.15) is 37.3 Å². The van der Waals surface area contributed by atoms with E-state index in [1.54, 1.807) is 24.3 Å². The first-order valence-electron chi connectivity index (χ1n) is 11.9. The number of nitrogens with zero attached hydrogens (tertiary/aromatic N) is 3. The molecule has 6 nitrogen and oxygen atoms in total. The lowest BCUT2D eigenvalue weighted by Crippen LogP contribution is -2.70. The Kier molecular flexibility index (Phi) is 6.06. The summed E-state index contributed by atoms with van der Waals surface area (Å²) in [5, 5.41) is 25.1. The van der Waals surface area contributed by atoms with Gasteiger partial charge in [0.25, 0.3) is 0 Å². The van der Waals surface area contributed by atoms with Gasteiger partial charge in [0.1, 0.15) is 42.2 Å². The van der Waals surface area contributed by atoms with E-state index >= 15 is 0 Å². The van der Waals surface area contributed by atoms with Crippen LogP contribution in [0, 0.1) is 23.0 Å². The summed E-state index contributed by atoms with van der Waals surface area (Å²) in [4.78, 5) is 3.90. The van der Waals surface area contributed by atoms with E-state index in [9.17, 15) is 27.1 Å². The van der Waals surface area contributed by atoms with E-state index < -0.39 is 42.0 Å². The number of halogens is 5. The largest absolute Gasteiger partial charge is 0.491 e. The highest BCUT2D eigenvalue weighted by atomic mass is 19.4. The summed E-state index contributed by atoms with van der Waals surface area (Å²) < 4.78 is 72.4. The van der Waals surface area contributed by atoms with Crippen LogP contribution in [0.15, 0.2) is 55.1 Å². The minimum absolute atomic E-state index is 0.00165. The van der Waals surface area contributed by atoms with Crippen molar-refractivity contribution in [3.05, 3.63) is 77.9 Å². The Morgan fingerprint density at radius 3 is 2.32 bits per heavy atom. The Labute approximate surface area is 209 Å². The van der Waals surface area contributed by atoms with Gasteiger partial charge in [0.2, 0.25) is 0 Å². The van der Waals surface area contributed by atoms with Gasteiger partial charge in [-0.25, -0.2) is 18.4 Å². The van der Waals surface area contributed by atoms with Crippen molar-refractivity contribution < 1.29 is 36.9 Å². The first-order chi connectivity index (χ1) is 17.4. The second-order valence-corrected chi connectivity index (χ2v) is 10.4. The molecule has 37 heavy (non-hydrogen) atoms. The standard InChI is InChI=1S/C26H26F5N3O3/c1-16(25(36,13-34-15-32-14-33-34)20-7-4-18(27)8-21(20)28)23-10-24(11-23,12-23)17-2-5-19(6-3-17)37-9-22(35)26(29,30)31/h2-8,14-16,22,35-36H,9-13H2,1H3/t16?,22-,23?,24?,25+/m0/s1. The molecule has 0 aliphatic heterocycles. The highest BCUT2D eigenvalue weighted by molar-refractivity contribution is 5.43. The Hall–Kier alpha value is -3.05. The minimum Gasteiger partial charge on any atom is -0.491 e. The predicted molar refractivity (Wildman–Crippen MR) is 121 cm³/mol. The molecule has 6 rings (SSSR count). The zero-order valence-electron chi connectivity index (χ0n) is 19.9. The maximum atomic E-state index is 14.9. The highest BCUT2D eigenvalue weighted by Gasteiger charge is 2.72. The van der Waals surface area contributed by atoms with Gasteiger partial charge in [0, 0.05) is 11.6 Å². The molecule has 2 aromatic carbocycles. The van der Waals surface area contributed by atoms with Gasteiger partial charge in [0.15, 0.2) is 6.10 Å². The van der Waals surface area contributed by atoms with Crippen molar-refractivity contribution in [1.29, 1.82) is 0 Å². The minimum atomic E-state index is -4.75. The number of aliphatic hydroxyl groups excluding tert-OH is 1. The zero-order chi connectivity index (χ0) is 26.6. The molecule has 2 N–H and O–H groups in total. The average molecular weight is 524 g/mol. The Bertz CT molecular complexity index is 1250. The maximum absolute atomic E-state index is 14.9. The van der Waals surface area contributed by atoms with E-state index in [1.807, 2.05) is 6.92 Å². The molecule has 0 amide bonds. The van der Waals surface area contributed by atoms with Gasteiger partial charge in [-0.2, -0.15) is 18.3 Å². The third-order valence-electron chi connectivity index (χ3n) is 8.23. The Morgan fingerprint density at radius 2 is 1.76 bits per heavy atom. The predicted octanol–water partition coefficient (Wildman–Crippen LogP) is 4.50. The number of hydrogen-bond acceptors (Lipinski definition) is 5. The fourth-order valence-corrected chi connectivity index (χ4v) is 6.17. The van der Waals surface area contributed by atoms with Crippen LogP contribution in [0.5, 0.6) is 5.75 Å². The van der Waals surface area contributed by atoms with Gasteiger partial charge in [-0.1, -0.05) is 25.1 Å². The Balaban J connectivity index is 1.31. The van der Waals surface area contributed by atoms with E-state index in [-0.39, 0.29) is 28.7 Å². The van der Waals surface area contributed by atoms with E-state index in [2.05, 4.69) is 10.1 Å². The molecule has 3 saturated carbocycles. The van der Waals surface area contributed by atoms with Crippen molar-refractivity contribution in [2.75, 3.05) is 6.61 Å². The highest BCUT2D eigenvalue weighted by Crippen LogP contribution is 2.78. The lowest BCUT2D eigenvalue weighted by Gasteiger charge is -2.75. The summed E-state index contributed by atoms with van der Waals surface area (Å²) in [6.07, 6.45) is -2.36. The van der Waals surface area contributed by atoms with Crippen LogP contribution in [-0.4, -0.2) is 43.9 Å². The SMILES string of the molecule is CC(C12CC(c3ccc(OC[C@H](O)C(F)(F)F)cc3)(C1)C2)[C@](O)(Cn1cncn1)c1ccc(F)cc1F. The van der Waals surface area contributed by atoms with Crippen molar-refractivity contribution in [3.8, 4) is 5.75 Å². The first kappa shape index (κ1) is 25.6.